The van der Waals surface area contributed by atoms with Crippen molar-refractivity contribution in [2.24, 2.45) is 5.92 Å². The molecule has 0 aliphatic rings. The predicted molar refractivity (Wildman–Crippen MR) is 120 cm³/mol. The molecule has 0 radical (unpaired) electrons. The van der Waals surface area contributed by atoms with Gasteiger partial charge in [-0.3, -0.25) is 9.36 Å². The van der Waals surface area contributed by atoms with Crippen molar-refractivity contribution in [2.75, 3.05) is 0 Å². The van der Waals surface area contributed by atoms with Crippen molar-refractivity contribution in [3.8, 4) is 5.69 Å². The smallest absolute Gasteiger partial charge is 0.320 e. The van der Waals surface area contributed by atoms with Crippen LogP contribution in [0.4, 0.5) is 0 Å². The number of benzene rings is 2. The summed E-state index contributed by atoms with van der Waals surface area (Å²) in [6.45, 7) is 6.67. The molecule has 0 spiro atoms. The third kappa shape index (κ3) is 3.59. The van der Waals surface area contributed by atoms with Gasteiger partial charge in [0.2, 0.25) is 0 Å². The van der Waals surface area contributed by atoms with Crippen molar-refractivity contribution >= 4 is 22.8 Å². The molecule has 0 N–H and O–H groups in total. The normalized spacial score (nSPS) is 11.5. The predicted octanol–water partition coefficient (Wildman–Crippen LogP) is 4.02. The molecule has 0 atom stereocenters. The van der Waals surface area contributed by atoms with E-state index in [1.807, 2.05) is 69.3 Å². The summed E-state index contributed by atoms with van der Waals surface area (Å²) in [5.74, 6) is 0.141. The summed E-state index contributed by atoms with van der Waals surface area (Å²) in [5.41, 5.74) is 2.67. The molecule has 30 heavy (non-hydrogen) atoms. The van der Waals surface area contributed by atoms with Gasteiger partial charge in [-0.2, -0.15) is 0 Å². The second-order valence-corrected chi connectivity index (χ2v) is 8.33. The van der Waals surface area contributed by atoms with Crippen molar-refractivity contribution in [1.29, 1.82) is 0 Å². The number of imidazole rings is 1. The molecule has 0 saturated heterocycles. The van der Waals surface area contributed by atoms with E-state index in [4.69, 9.17) is 11.6 Å². The number of hydrogen-bond donors (Lipinski definition) is 0. The van der Waals surface area contributed by atoms with Gasteiger partial charge in [-0.15, -0.1) is 0 Å². The molecule has 0 aliphatic carbocycles. The Balaban J connectivity index is 2.02. The van der Waals surface area contributed by atoms with Crippen molar-refractivity contribution in [2.45, 2.75) is 33.9 Å². The fourth-order valence-corrected chi connectivity index (χ4v) is 3.90. The minimum atomic E-state index is -0.372. The molecule has 154 valence electrons. The summed E-state index contributed by atoms with van der Waals surface area (Å²) in [4.78, 5) is 31.2. The molecule has 2 heterocycles. The number of para-hydroxylation sites is 1. The van der Waals surface area contributed by atoms with Gasteiger partial charge in [-0.1, -0.05) is 55.8 Å². The lowest BCUT2D eigenvalue weighted by molar-refractivity contribution is 0.488. The lowest BCUT2D eigenvalue weighted by Gasteiger charge is -2.15. The quantitative estimate of drug-likeness (QED) is 0.488. The molecule has 6 nitrogen and oxygen atoms in total. The molecular formula is C23H23ClN4O2. The van der Waals surface area contributed by atoms with Crippen LogP contribution in [0.5, 0.6) is 0 Å². The second kappa shape index (κ2) is 7.95. The SMILES string of the molecule is Cc1ccccc1-n1c(=O)n(CC(C)C)c(=O)c2c1ncn2Cc1cccc(Cl)c1. The van der Waals surface area contributed by atoms with Crippen molar-refractivity contribution in [1.82, 2.24) is 18.7 Å². The first-order valence-electron chi connectivity index (χ1n) is 9.88. The summed E-state index contributed by atoms with van der Waals surface area (Å²) in [5, 5.41) is 0.631. The van der Waals surface area contributed by atoms with E-state index in [0.717, 1.165) is 16.8 Å². The third-order valence-corrected chi connectivity index (χ3v) is 5.28. The number of halogens is 1. The Morgan fingerprint density at radius 3 is 2.53 bits per heavy atom. The maximum atomic E-state index is 13.4. The summed E-state index contributed by atoms with van der Waals surface area (Å²) < 4.78 is 4.65. The van der Waals surface area contributed by atoms with Gasteiger partial charge in [0.1, 0.15) is 0 Å². The molecule has 7 heteroatoms. The Kier molecular flexibility index (Phi) is 5.35. The van der Waals surface area contributed by atoms with E-state index >= 15 is 0 Å². The number of aryl methyl sites for hydroxylation is 1. The highest BCUT2D eigenvalue weighted by Gasteiger charge is 2.20. The van der Waals surface area contributed by atoms with E-state index in [-0.39, 0.29) is 17.2 Å². The molecule has 0 bridgehead atoms. The van der Waals surface area contributed by atoms with Crippen molar-refractivity contribution < 1.29 is 0 Å². The summed E-state index contributed by atoms with van der Waals surface area (Å²) in [6, 6.07) is 15.1. The van der Waals surface area contributed by atoms with Crippen LogP contribution in [-0.4, -0.2) is 18.7 Å². The highest BCUT2D eigenvalue weighted by molar-refractivity contribution is 6.30. The van der Waals surface area contributed by atoms with Gasteiger partial charge in [0, 0.05) is 18.1 Å². The Bertz CT molecular complexity index is 1350. The molecule has 4 aromatic rings. The zero-order chi connectivity index (χ0) is 21.4. The third-order valence-electron chi connectivity index (χ3n) is 5.05. The minimum Gasteiger partial charge on any atom is -0.320 e. The highest BCUT2D eigenvalue weighted by atomic mass is 35.5. The standard InChI is InChI=1S/C23H23ClN4O2/c1-15(2)12-27-22(29)20-21(28(23(27)30)19-10-5-4-7-16(19)3)25-14-26(20)13-17-8-6-9-18(24)11-17/h4-11,14-15H,12-13H2,1-3H3. The van der Waals surface area contributed by atoms with Crippen LogP contribution >= 0.6 is 11.6 Å². The number of fused-ring (bicyclic) bond motifs is 1. The molecule has 0 saturated carbocycles. The molecule has 0 unspecified atom stereocenters. The summed E-state index contributed by atoms with van der Waals surface area (Å²) in [7, 11) is 0. The minimum absolute atomic E-state index is 0.141. The maximum absolute atomic E-state index is 13.4. The van der Waals surface area contributed by atoms with Crippen LogP contribution in [-0.2, 0) is 13.1 Å². The number of nitrogens with zero attached hydrogens (tertiary/aromatic N) is 4. The van der Waals surface area contributed by atoms with Crippen molar-refractivity contribution in [3.63, 3.8) is 0 Å². The van der Waals surface area contributed by atoms with Crippen molar-refractivity contribution in [3.05, 3.63) is 91.8 Å². The van der Waals surface area contributed by atoms with Crippen LogP contribution in [0.25, 0.3) is 16.9 Å². The van der Waals surface area contributed by atoms with Gasteiger partial charge in [0.15, 0.2) is 11.2 Å². The molecule has 0 fully saturated rings. The monoisotopic (exact) mass is 422 g/mol. The zero-order valence-corrected chi connectivity index (χ0v) is 17.9. The lowest BCUT2D eigenvalue weighted by Crippen LogP contribution is -2.41. The van der Waals surface area contributed by atoms with Gasteiger partial charge in [0.25, 0.3) is 5.56 Å². The topological polar surface area (TPSA) is 61.8 Å². The van der Waals surface area contributed by atoms with E-state index in [0.29, 0.717) is 29.3 Å². The average molecular weight is 423 g/mol. The van der Waals surface area contributed by atoms with Gasteiger partial charge < -0.3 is 4.57 Å². The van der Waals surface area contributed by atoms with Crippen LogP contribution in [0, 0.1) is 12.8 Å². The Hall–Kier alpha value is -3.12. The molecule has 2 aromatic carbocycles. The van der Waals surface area contributed by atoms with E-state index in [2.05, 4.69) is 4.98 Å². The molecule has 2 aromatic heterocycles. The Labute approximate surface area is 179 Å². The average Bonchev–Trinajstić information content (AvgIpc) is 3.10. The van der Waals surface area contributed by atoms with E-state index < -0.39 is 0 Å². The first-order valence-corrected chi connectivity index (χ1v) is 10.3. The van der Waals surface area contributed by atoms with Crippen LogP contribution in [0.1, 0.15) is 25.0 Å². The number of rotatable bonds is 5. The maximum Gasteiger partial charge on any atom is 0.337 e. The largest absolute Gasteiger partial charge is 0.337 e. The Morgan fingerprint density at radius 1 is 1.07 bits per heavy atom. The van der Waals surface area contributed by atoms with E-state index in [1.165, 1.54) is 4.57 Å². The molecule has 0 aliphatic heterocycles. The van der Waals surface area contributed by atoms with Crippen LogP contribution in [0.15, 0.2) is 64.4 Å². The summed E-state index contributed by atoms with van der Waals surface area (Å²) >= 11 is 6.12. The molecule has 4 rings (SSSR count). The fourth-order valence-electron chi connectivity index (χ4n) is 3.69. The van der Waals surface area contributed by atoms with Gasteiger partial charge in [-0.05, 0) is 42.2 Å². The second-order valence-electron chi connectivity index (χ2n) is 7.89. The van der Waals surface area contributed by atoms with Gasteiger partial charge in [-0.25, -0.2) is 14.3 Å². The molecule has 0 amide bonds. The zero-order valence-electron chi connectivity index (χ0n) is 17.2. The Morgan fingerprint density at radius 2 is 1.83 bits per heavy atom. The first-order chi connectivity index (χ1) is 14.4. The summed E-state index contributed by atoms with van der Waals surface area (Å²) in [6.07, 6.45) is 1.61. The lowest BCUT2D eigenvalue weighted by atomic mass is 10.2. The first kappa shape index (κ1) is 20.2. The van der Waals surface area contributed by atoms with Crippen LogP contribution in [0.2, 0.25) is 5.02 Å². The fraction of sp³-hybridized carbons (Fsp3) is 0.261. The van der Waals surface area contributed by atoms with E-state index in [9.17, 15) is 9.59 Å². The number of hydrogen-bond acceptors (Lipinski definition) is 3. The number of aromatic nitrogens is 4. The van der Waals surface area contributed by atoms with Gasteiger partial charge >= 0.3 is 5.69 Å². The van der Waals surface area contributed by atoms with E-state index in [1.54, 1.807) is 15.5 Å². The van der Waals surface area contributed by atoms with Gasteiger partial charge in [0.05, 0.1) is 12.0 Å². The molecular weight excluding hydrogens is 400 g/mol. The highest BCUT2D eigenvalue weighted by Crippen LogP contribution is 2.18. The van der Waals surface area contributed by atoms with Crippen LogP contribution < -0.4 is 11.2 Å². The van der Waals surface area contributed by atoms with Crippen LogP contribution in [0.3, 0.4) is 0 Å².